The summed E-state index contributed by atoms with van der Waals surface area (Å²) in [5.74, 6) is 0.580. The van der Waals surface area contributed by atoms with E-state index < -0.39 is 9.84 Å². The molecule has 0 N–H and O–H groups in total. The van der Waals surface area contributed by atoms with Gasteiger partial charge in [0, 0.05) is 24.9 Å². The summed E-state index contributed by atoms with van der Waals surface area (Å²) in [5, 5.41) is 0.493. The lowest BCUT2D eigenvalue weighted by atomic mass is 10.2. The number of ether oxygens (including phenoxy) is 2. The van der Waals surface area contributed by atoms with E-state index in [2.05, 4.69) is 9.97 Å². The molecule has 0 aliphatic rings. The number of pyridine rings is 1. The number of hydrogen-bond donors (Lipinski definition) is 0. The zero-order valence-corrected chi connectivity index (χ0v) is 20.3. The van der Waals surface area contributed by atoms with Crippen LogP contribution in [0.15, 0.2) is 71.9 Å². The number of nitrogens with zero attached hydrogens (tertiary/aromatic N) is 3. The highest BCUT2D eigenvalue weighted by Crippen LogP contribution is 2.32. The molecule has 2 aromatic carbocycles. The fourth-order valence-electron chi connectivity index (χ4n) is 3.33. The number of amides is 1. The fourth-order valence-corrected chi connectivity index (χ4v) is 5.52. The molecule has 0 saturated carbocycles. The number of benzene rings is 2. The Kier molecular flexibility index (Phi) is 7.09. The van der Waals surface area contributed by atoms with Crippen molar-refractivity contribution in [1.29, 1.82) is 0 Å². The molecule has 0 atom stereocenters. The molecule has 0 bridgehead atoms. The molecule has 4 aromatic rings. The summed E-state index contributed by atoms with van der Waals surface area (Å²) in [4.78, 5) is 23.6. The van der Waals surface area contributed by atoms with E-state index in [9.17, 15) is 13.2 Å². The molecule has 1 amide bonds. The van der Waals surface area contributed by atoms with Crippen LogP contribution in [0.1, 0.15) is 12.0 Å². The number of thiazole rings is 1. The van der Waals surface area contributed by atoms with Gasteiger partial charge in [-0.25, -0.2) is 13.4 Å². The summed E-state index contributed by atoms with van der Waals surface area (Å²) >= 11 is 1.37. The number of aromatic nitrogens is 2. The Morgan fingerprint density at radius 1 is 0.971 bits per heavy atom. The van der Waals surface area contributed by atoms with E-state index in [1.54, 1.807) is 37.7 Å². The number of rotatable bonds is 9. The van der Waals surface area contributed by atoms with Crippen molar-refractivity contribution in [3.05, 3.63) is 72.6 Å². The summed E-state index contributed by atoms with van der Waals surface area (Å²) in [6.07, 6.45) is 3.11. The molecule has 0 aliphatic carbocycles. The molecular weight excluding hydrogens is 474 g/mol. The molecule has 0 fully saturated rings. The third-order valence-electron chi connectivity index (χ3n) is 5.21. The van der Waals surface area contributed by atoms with Crippen LogP contribution in [0.3, 0.4) is 0 Å². The van der Waals surface area contributed by atoms with Crippen molar-refractivity contribution in [2.45, 2.75) is 17.9 Å². The number of anilines is 1. The van der Waals surface area contributed by atoms with Crippen LogP contribution >= 0.6 is 11.3 Å². The van der Waals surface area contributed by atoms with Gasteiger partial charge in [0.2, 0.25) is 5.91 Å². The van der Waals surface area contributed by atoms with Gasteiger partial charge in [0.15, 0.2) is 15.0 Å². The van der Waals surface area contributed by atoms with Gasteiger partial charge in [-0.3, -0.25) is 14.7 Å². The minimum absolute atomic E-state index is 0.147. The SMILES string of the molecule is COc1ccc(S(=O)(=O)CCC(=O)N(Cc2ccncc2)c2nc3cc(OC)ccc3s2)cc1. The maximum atomic E-state index is 13.3. The monoisotopic (exact) mass is 497 g/mol. The third-order valence-corrected chi connectivity index (χ3v) is 8.00. The van der Waals surface area contributed by atoms with E-state index in [1.165, 1.54) is 35.5 Å². The van der Waals surface area contributed by atoms with Gasteiger partial charge in [-0.2, -0.15) is 0 Å². The summed E-state index contributed by atoms with van der Waals surface area (Å²) in [6.45, 7) is 0.251. The second-order valence-corrected chi connectivity index (χ2v) is 10.5. The smallest absolute Gasteiger partial charge is 0.230 e. The van der Waals surface area contributed by atoms with Crippen LogP contribution < -0.4 is 14.4 Å². The second kappa shape index (κ2) is 10.2. The number of hydrogen-bond acceptors (Lipinski definition) is 8. The normalized spacial score (nSPS) is 11.4. The molecule has 2 heterocycles. The lowest BCUT2D eigenvalue weighted by Crippen LogP contribution is -2.31. The van der Waals surface area contributed by atoms with Crippen LogP contribution in [0.5, 0.6) is 11.5 Å². The summed E-state index contributed by atoms with van der Waals surface area (Å²) < 4.78 is 36.9. The summed E-state index contributed by atoms with van der Waals surface area (Å²) in [6, 6.07) is 15.3. The minimum atomic E-state index is -3.65. The van der Waals surface area contributed by atoms with Crippen molar-refractivity contribution in [2.24, 2.45) is 0 Å². The van der Waals surface area contributed by atoms with E-state index in [0.717, 1.165) is 10.3 Å². The number of carbonyl (C=O) groups excluding carboxylic acids is 1. The second-order valence-electron chi connectivity index (χ2n) is 7.41. The van der Waals surface area contributed by atoms with Crippen molar-refractivity contribution in [1.82, 2.24) is 9.97 Å². The molecule has 0 radical (unpaired) electrons. The molecule has 0 saturated heterocycles. The summed E-state index contributed by atoms with van der Waals surface area (Å²) in [7, 11) is -0.557. The molecule has 10 heteroatoms. The molecule has 8 nitrogen and oxygen atoms in total. The highest BCUT2D eigenvalue weighted by molar-refractivity contribution is 7.91. The van der Waals surface area contributed by atoms with Crippen LogP contribution in [-0.4, -0.2) is 44.3 Å². The Morgan fingerprint density at radius 3 is 2.32 bits per heavy atom. The lowest BCUT2D eigenvalue weighted by molar-refractivity contribution is -0.118. The van der Waals surface area contributed by atoms with E-state index in [4.69, 9.17) is 9.47 Å². The molecule has 34 heavy (non-hydrogen) atoms. The number of methoxy groups -OCH3 is 2. The van der Waals surface area contributed by atoms with Gasteiger partial charge in [0.25, 0.3) is 0 Å². The van der Waals surface area contributed by atoms with Gasteiger partial charge < -0.3 is 9.47 Å². The van der Waals surface area contributed by atoms with Gasteiger partial charge >= 0.3 is 0 Å². The Bertz CT molecular complexity index is 1390. The van der Waals surface area contributed by atoms with Gasteiger partial charge in [0.05, 0.1) is 41.6 Å². The van der Waals surface area contributed by atoms with Gasteiger partial charge in [-0.15, -0.1) is 0 Å². The molecule has 0 unspecified atom stereocenters. The number of carbonyl (C=O) groups is 1. The predicted octanol–water partition coefficient (Wildman–Crippen LogP) is 4.11. The van der Waals surface area contributed by atoms with Crippen LogP contribution in [0.2, 0.25) is 0 Å². The van der Waals surface area contributed by atoms with Crippen LogP contribution in [-0.2, 0) is 21.2 Å². The molecule has 2 aromatic heterocycles. The topological polar surface area (TPSA) is 98.7 Å². The zero-order chi connectivity index (χ0) is 24.1. The van der Waals surface area contributed by atoms with Crippen molar-refractivity contribution < 1.29 is 22.7 Å². The Labute approximate surface area is 201 Å². The maximum absolute atomic E-state index is 13.3. The minimum Gasteiger partial charge on any atom is -0.497 e. The first-order valence-corrected chi connectivity index (χ1v) is 12.9. The Hall–Kier alpha value is -3.50. The first kappa shape index (κ1) is 23.7. The highest BCUT2D eigenvalue weighted by atomic mass is 32.2. The van der Waals surface area contributed by atoms with Crippen LogP contribution in [0.4, 0.5) is 5.13 Å². The largest absolute Gasteiger partial charge is 0.497 e. The lowest BCUT2D eigenvalue weighted by Gasteiger charge is -2.20. The maximum Gasteiger partial charge on any atom is 0.230 e. The molecule has 4 rings (SSSR count). The summed E-state index contributed by atoms with van der Waals surface area (Å²) in [5.41, 5.74) is 1.57. The number of sulfone groups is 1. The van der Waals surface area contributed by atoms with E-state index in [0.29, 0.717) is 22.1 Å². The van der Waals surface area contributed by atoms with E-state index in [1.807, 2.05) is 24.3 Å². The van der Waals surface area contributed by atoms with Crippen LogP contribution in [0.25, 0.3) is 10.2 Å². The van der Waals surface area contributed by atoms with Crippen LogP contribution in [0, 0.1) is 0 Å². The average molecular weight is 498 g/mol. The molecule has 0 aliphatic heterocycles. The average Bonchev–Trinajstić information content (AvgIpc) is 3.29. The third kappa shape index (κ3) is 5.35. The first-order valence-electron chi connectivity index (χ1n) is 10.4. The Morgan fingerprint density at radius 2 is 1.65 bits per heavy atom. The number of fused-ring (bicyclic) bond motifs is 1. The first-order chi connectivity index (χ1) is 16.4. The van der Waals surface area contributed by atoms with Gasteiger partial charge in [0.1, 0.15) is 11.5 Å². The molecule has 176 valence electrons. The standard InChI is InChI=1S/C24H23N3O5S2/c1-31-18-3-6-20(7-4-18)34(29,30)14-11-23(28)27(16-17-9-12-25-13-10-17)24-26-21-15-19(32-2)5-8-22(21)33-24/h3-10,12-13,15H,11,14,16H2,1-2H3. The highest BCUT2D eigenvalue weighted by Gasteiger charge is 2.24. The fraction of sp³-hybridized carbons (Fsp3) is 0.208. The van der Waals surface area contributed by atoms with Gasteiger partial charge in [-0.05, 0) is 54.1 Å². The molecule has 0 spiro atoms. The zero-order valence-electron chi connectivity index (χ0n) is 18.7. The van der Waals surface area contributed by atoms with Crippen molar-refractivity contribution in [3.63, 3.8) is 0 Å². The van der Waals surface area contributed by atoms with Gasteiger partial charge in [-0.1, -0.05) is 11.3 Å². The van der Waals surface area contributed by atoms with E-state index in [-0.39, 0.29) is 29.5 Å². The van der Waals surface area contributed by atoms with E-state index >= 15 is 0 Å². The quantitative estimate of drug-likeness (QED) is 0.343. The molecular formula is C24H23N3O5S2. The van der Waals surface area contributed by atoms with Crippen molar-refractivity contribution in [2.75, 3.05) is 24.9 Å². The van der Waals surface area contributed by atoms with Crippen molar-refractivity contribution in [3.8, 4) is 11.5 Å². The predicted molar refractivity (Wildman–Crippen MR) is 131 cm³/mol. The van der Waals surface area contributed by atoms with Crippen molar-refractivity contribution >= 4 is 42.4 Å². The Balaban J connectivity index is 1.58.